The van der Waals surface area contributed by atoms with Crippen LogP contribution in [0.4, 0.5) is 0 Å². The van der Waals surface area contributed by atoms with Crippen LogP contribution in [-0.2, 0) is 0 Å². The predicted octanol–water partition coefficient (Wildman–Crippen LogP) is 5.09. The van der Waals surface area contributed by atoms with Gasteiger partial charge in [0.05, 0.1) is 7.11 Å². The third kappa shape index (κ3) is 2.57. The first-order valence-corrected chi connectivity index (χ1v) is 7.33. The number of benzene rings is 2. The van der Waals surface area contributed by atoms with Crippen LogP contribution >= 0.6 is 27.5 Å². The number of ketones is 1. The first-order chi connectivity index (χ1) is 10.1. The lowest BCUT2D eigenvalue weighted by Crippen LogP contribution is -2.00. The first-order valence-electron chi connectivity index (χ1n) is 6.16. The molecule has 106 valence electrons. The molecule has 0 aliphatic rings. The molecule has 0 unspecified atom stereocenters. The zero-order valence-electron chi connectivity index (χ0n) is 11.0. The highest BCUT2D eigenvalue weighted by atomic mass is 79.9. The van der Waals surface area contributed by atoms with Crippen molar-refractivity contribution in [3.05, 3.63) is 63.3 Å². The summed E-state index contributed by atoms with van der Waals surface area (Å²) in [6.07, 6.45) is 0. The van der Waals surface area contributed by atoms with Gasteiger partial charge in [-0.15, -0.1) is 0 Å². The van der Waals surface area contributed by atoms with Gasteiger partial charge in [0.25, 0.3) is 0 Å². The van der Waals surface area contributed by atoms with Gasteiger partial charge < -0.3 is 9.15 Å². The van der Waals surface area contributed by atoms with Crippen LogP contribution in [0.2, 0.25) is 5.02 Å². The van der Waals surface area contributed by atoms with Crippen molar-refractivity contribution in [3.63, 3.8) is 0 Å². The Morgan fingerprint density at radius 2 is 2.00 bits per heavy atom. The van der Waals surface area contributed by atoms with Crippen molar-refractivity contribution in [2.45, 2.75) is 0 Å². The normalized spacial score (nSPS) is 10.8. The molecular formula is C16H10BrClO3. The SMILES string of the molecule is COc1cc(Cl)cc2cc(C(=O)c3ccccc3Br)oc12. The largest absolute Gasteiger partial charge is 0.493 e. The van der Waals surface area contributed by atoms with Gasteiger partial charge in [0.1, 0.15) is 0 Å². The Balaban J connectivity index is 2.14. The highest BCUT2D eigenvalue weighted by Crippen LogP contribution is 2.33. The molecule has 0 N–H and O–H groups in total. The number of halogens is 2. The minimum absolute atomic E-state index is 0.197. The first kappa shape index (κ1) is 14.2. The zero-order valence-corrected chi connectivity index (χ0v) is 13.4. The summed E-state index contributed by atoms with van der Waals surface area (Å²) in [5.74, 6) is 0.554. The fourth-order valence-electron chi connectivity index (χ4n) is 2.13. The van der Waals surface area contributed by atoms with E-state index in [0.29, 0.717) is 21.9 Å². The molecular weight excluding hydrogens is 356 g/mol. The molecule has 0 amide bonds. The summed E-state index contributed by atoms with van der Waals surface area (Å²) in [7, 11) is 1.53. The summed E-state index contributed by atoms with van der Waals surface area (Å²) in [6, 6.07) is 12.3. The van der Waals surface area contributed by atoms with E-state index in [9.17, 15) is 4.79 Å². The Bertz CT molecular complexity index is 839. The Hall–Kier alpha value is -1.78. The molecule has 5 heteroatoms. The molecule has 2 aromatic carbocycles. The van der Waals surface area contributed by atoms with Gasteiger partial charge in [-0.3, -0.25) is 4.79 Å². The van der Waals surface area contributed by atoms with Gasteiger partial charge in [0.2, 0.25) is 5.78 Å². The average Bonchev–Trinajstić information content (AvgIpc) is 2.90. The minimum atomic E-state index is -0.197. The third-order valence-electron chi connectivity index (χ3n) is 3.11. The van der Waals surface area contributed by atoms with Gasteiger partial charge in [-0.05, 0) is 24.3 Å². The molecule has 0 spiro atoms. The van der Waals surface area contributed by atoms with Crippen molar-refractivity contribution < 1.29 is 13.9 Å². The number of carbonyl (C=O) groups excluding carboxylic acids is 1. The maximum absolute atomic E-state index is 12.5. The molecule has 1 aromatic heterocycles. The van der Waals surface area contributed by atoms with Gasteiger partial charge in [-0.25, -0.2) is 0 Å². The van der Waals surface area contributed by atoms with Crippen molar-refractivity contribution in [3.8, 4) is 5.75 Å². The molecule has 0 saturated heterocycles. The smallest absolute Gasteiger partial charge is 0.229 e. The maximum atomic E-state index is 12.5. The molecule has 0 atom stereocenters. The van der Waals surface area contributed by atoms with Crippen LogP contribution in [0, 0.1) is 0 Å². The zero-order chi connectivity index (χ0) is 15.0. The highest BCUT2D eigenvalue weighted by molar-refractivity contribution is 9.10. The van der Waals surface area contributed by atoms with E-state index in [2.05, 4.69) is 15.9 Å². The van der Waals surface area contributed by atoms with Gasteiger partial charge in [0, 0.05) is 26.5 Å². The van der Waals surface area contributed by atoms with Crippen molar-refractivity contribution in [2.24, 2.45) is 0 Å². The molecule has 0 aliphatic heterocycles. The van der Waals surface area contributed by atoms with E-state index in [4.69, 9.17) is 20.8 Å². The van der Waals surface area contributed by atoms with E-state index in [0.717, 1.165) is 9.86 Å². The monoisotopic (exact) mass is 364 g/mol. The number of rotatable bonds is 3. The third-order valence-corrected chi connectivity index (χ3v) is 4.02. The summed E-state index contributed by atoms with van der Waals surface area (Å²) in [4.78, 5) is 12.5. The van der Waals surface area contributed by atoms with Gasteiger partial charge >= 0.3 is 0 Å². The summed E-state index contributed by atoms with van der Waals surface area (Å²) >= 11 is 9.39. The van der Waals surface area contributed by atoms with Crippen LogP contribution in [0.15, 0.2) is 51.4 Å². The van der Waals surface area contributed by atoms with Gasteiger partial charge in [0.15, 0.2) is 17.1 Å². The van der Waals surface area contributed by atoms with Crippen molar-refractivity contribution in [1.82, 2.24) is 0 Å². The average molecular weight is 366 g/mol. The lowest BCUT2D eigenvalue weighted by atomic mass is 10.1. The summed E-state index contributed by atoms with van der Waals surface area (Å²) in [5, 5.41) is 1.26. The standard InChI is InChI=1S/C16H10BrClO3/c1-20-14-8-10(18)6-9-7-13(21-16(9)14)15(19)11-4-2-3-5-12(11)17/h2-8H,1H3. The Morgan fingerprint density at radius 1 is 1.24 bits per heavy atom. The minimum Gasteiger partial charge on any atom is -0.493 e. The maximum Gasteiger partial charge on any atom is 0.229 e. The number of hydrogen-bond donors (Lipinski definition) is 0. The van der Waals surface area contributed by atoms with E-state index >= 15 is 0 Å². The van der Waals surface area contributed by atoms with Crippen LogP contribution in [0.1, 0.15) is 16.1 Å². The van der Waals surface area contributed by atoms with E-state index < -0.39 is 0 Å². The summed E-state index contributed by atoms with van der Waals surface area (Å²) < 4.78 is 11.6. The van der Waals surface area contributed by atoms with Crippen LogP contribution < -0.4 is 4.74 Å². The molecule has 0 aliphatic carbocycles. The Kier molecular flexibility index (Phi) is 3.74. The molecule has 0 saturated carbocycles. The van der Waals surface area contributed by atoms with Gasteiger partial charge in [-0.1, -0.05) is 39.7 Å². The molecule has 0 fully saturated rings. The predicted molar refractivity (Wildman–Crippen MR) is 85.4 cm³/mol. The van der Waals surface area contributed by atoms with Crippen molar-refractivity contribution in [2.75, 3.05) is 7.11 Å². The van der Waals surface area contributed by atoms with E-state index in [1.54, 1.807) is 30.3 Å². The van der Waals surface area contributed by atoms with Crippen molar-refractivity contribution >= 4 is 44.3 Å². The number of hydrogen-bond acceptors (Lipinski definition) is 3. The number of ether oxygens (including phenoxy) is 1. The van der Waals surface area contributed by atoms with E-state index in [1.165, 1.54) is 7.11 Å². The lowest BCUT2D eigenvalue weighted by Gasteiger charge is -2.01. The van der Waals surface area contributed by atoms with Crippen LogP contribution in [0.25, 0.3) is 11.0 Å². The number of fused-ring (bicyclic) bond motifs is 1. The summed E-state index contributed by atoms with van der Waals surface area (Å²) in [6.45, 7) is 0. The van der Waals surface area contributed by atoms with E-state index in [-0.39, 0.29) is 11.5 Å². The highest BCUT2D eigenvalue weighted by Gasteiger charge is 2.18. The van der Waals surface area contributed by atoms with Crippen molar-refractivity contribution in [1.29, 1.82) is 0 Å². The summed E-state index contributed by atoms with van der Waals surface area (Å²) in [5.41, 5.74) is 1.05. The topological polar surface area (TPSA) is 39.4 Å². The molecule has 21 heavy (non-hydrogen) atoms. The molecule has 0 bridgehead atoms. The Labute approximate surface area is 134 Å². The fourth-order valence-corrected chi connectivity index (χ4v) is 2.81. The Morgan fingerprint density at radius 3 is 2.71 bits per heavy atom. The molecule has 3 rings (SSSR count). The molecule has 0 radical (unpaired) electrons. The second-order valence-electron chi connectivity index (χ2n) is 4.45. The quantitative estimate of drug-likeness (QED) is 0.607. The number of methoxy groups -OCH3 is 1. The van der Waals surface area contributed by atoms with Crippen LogP contribution in [0.5, 0.6) is 5.75 Å². The molecule has 3 aromatic rings. The molecule has 1 heterocycles. The van der Waals surface area contributed by atoms with E-state index in [1.807, 2.05) is 12.1 Å². The van der Waals surface area contributed by atoms with Crippen LogP contribution in [-0.4, -0.2) is 12.9 Å². The number of furan rings is 1. The van der Waals surface area contributed by atoms with Gasteiger partial charge in [-0.2, -0.15) is 0 Å². The lowest BCUT2D eigenvalue weighted by molar-refractivity contribution is 0.101. The fraction of sp³-hybridized carbons (Fsp3) is 0.0625. The second-order valence-corrected chi connectivity index (χ2v) is 5.74. The van der Waals surface area contributed by atoms with Crippen LogP contribution in [0.3, 0.4) is 0 Å². The number of carbonyl (C=O) groups is 1. The second kappa shape index (κ2) is 5.54. The molecule has 3 nitrogen and oxygen atoms in total.